The van der Waals surface area contributed by atoms with Crippen LogP contribution in [-0.4, -0.2) is 43.9 Å². The zero-order valence-electron chi connectivity index (χ0n) is 16.2. The fourth-order valence-electron chi connectivity index (χ4n) is 3.18. The summed E-state index contributed by atoms with van der Waals surface area (Å²) in [7, 11) is -2.77. The molecule has 1 aliphatic rings. The van der Waals surface area contributed by atoms with Crippen molar-refractivity contribution < 1.29 is 13.7 Å². The lowest BCUT2D eigenvalue weighted by atomic mass is 10.0. The quantitative estimate of drug-likeness (QED) is 0.581. The number of pyridine rings is 1. The molecule has 9 nitrogen and oxygen atoms in total. The van der Waals surface area contributed by atoms with Crippen molar-refractivity contribution >= 4 is 27.5 Å². The second-order valence-corrected chi connectivity index (χ2v) is 9.55. The number of ether oxygens (including phenoxy) is 1. The summed E-state index contributed by atoms with van der Waals surface area (Å²) in [5.41, 5.74) is 0.984. The molecule has 28 heavy (non-hydrogen) atoms. The lowest BCUT2D eigenvalue weighted by Crippen LogP contribution is -2.33. The zero-order valence-corrected chi connectivity index (χ0v) is 17.0. The normalized spacial score (nSPS) is 21.3. The minimum atomic E-state index is -2.77. The van der Waals surface area contributed by atoms with Crippen LogP contribution in [0.2, 0.25) is 0 Å². The zero-order chi connectivity index (χ0) is 20.3. The second kappa shape index (κ2) is 8.17. The average molecular weight is 407 g/mol. The van der Waals surface area contributed by atoms with Crippen LogP contribution in [0.4, 0.5) is 16.4 Å². The summed E-state index contributed by atoms with van der Waals surface area (Å²) >= 11 is 0. The Balaban J connectivity index is 1.56. The third-order valence-corrected chi connectivity index (χ3v) is 5.69. The topological polar surface area (TPSA) is 133 Å². The Bertz CT molecular complexity index is 923. The number of aromatic nitrogens is 3. The Hall–Kier alpha value is -2.62. The molecule has 3 atom stereocenters. The number of amides is 1. The highest BCUT2D eigenvalue weighted by molar-refractivity contribution is 7.91. The summed E-state index contributed by atoms with van der Waals surface area (Å²) in [5, 5.41) is 13.1. The first-order chi connectivity index (χ1) is 13.2. The molecule has 0 radical (unpaired) electrons. The van der Waals surface area contributed by atoms with Gasteiger partial charge in [0.05, 0.1) is 14.6 Å². The summed E-state index contributed by atoms with van der Waals surface area (Å²) < 4.78 is 24.7. The van der Waals surface area contributed by atoms with Crippen LogP contribution in [0.3, 0.4) is 0 Å². The molecule has 0 aromatic carbocycles. The average Bonchev–Trinajstić information content (AvgIpc) is 3.23. The number of hydrogen-bond acceptors (Lipinski definition) is 7. The van der Waals surface area contributed by atoms with Gasteiger partial charge in [0.15, 0.2) is 5.82 Å². The first-order valence-corrected chi connectivity index (χ1v) is 11.2. The number of hydrogen-bond donors (Lipinski definition) is 4. The molecular formula is C18H26N6O3S. The molecule has 0 spiro atoms. The Kier molecular flexibility index (Phi) is 5.87. The molecule has 152 valence electrons. The lowest BCUT2D eigenvalue weighted by Gasteiger charge is -2.14. The highest BCUT2D eigenvalue weighted by Crippen LogP contribution is 2.36. The molecule has 0 bridgehead atoms. The standard InChI is InChI=1S/C18H26N6O3S/c1-11(2)21-18(25)27-13-5-4-12(8-13)15-9-17(24-23-15)22-16-7-6-14(10-20-16)28(3,19)26/h6-7,9-13,19H,4-5,8H2,1-3H3,(H,21,25)(H2,20,22,23,24)/t12-,13+,28?/m1/s1. The van der Waals surface area contributed by atoms with Crippen LogP contribution >= 0.6 is 0 Å². The van der Waals surface area contributed by atoms with Gasteiger partial charge in [-0.05, 0) is 45.2 Å². The van der Waals surface area contributed by atoms with Crippen LogP contribution in [0.15, 0.2) is 29.3 Å². The van der Waals surface area contributed by atoms with Crippen molar-refractivity contribution in [2.75, 3.05) is 11.6 Å². The van der Waals surface area contributed by atoms with Gasteiger partial charge in [-0.3, -0.25) is 5.10 Å². The molecule has 1 amide bonds. The van der Waals surface area contributed by atoms with Crippen LogP contribution < -0.4 is 10.6 Å². The maximum absolute atomic E-state index is 11.7. The predicted molar refractivity (Wildman–Crippen MR) is 106 cm³/mol. The molecule has 0 aliphatic heterocycles. The largest absolute Gasteiger partial charge is 0.446 e. The van der Waals surface area contributed by atoms with Crippen LogP contribution in [0.1, 0.15) is 44.7 Å². The van der Waals surface area contributed by atoms with Gasteiger partial charge in [0.1, 0.15) is 11.9 Å². The van der Waals surface area contributed by atoms with Crippen molar-refractivity contribution in [3.05, 3.63) is 30.1 Å². The van der Waals surface area contributed by atoms with Gasteiger partial charge in [0, 0.05) is 36.2 Å². The predicted octanol–water partition coefficient (Wildman–Crippen LogP) is 3.35. The fraction of sp³-hybridized carbons (Fsp3) is 0.500. The number of carbonyl (C=O) groups excluding carboxylic acids is 1. The molecule has 1 aliphatic carbocycles. The maximum atomic E-state index is 11.7. The van der Waals surface area contributed by atoms with E-state index in [0.29, 0.717) is 16.5 Å². The summed E-state index contributed by atoms with van der Waals surface area (Å²) in [6.45, 7) is 3.79. The number of anilines is 2. The molecule has 2 aromatic heterocycles. The van der Waals surface area contributed by atoms with Gasteiger partial charge in [0.25, 0.3) is 0 Å². The fourth-order valence-corrected chi connectivity index (χ4v) is 3.76. The second-order valence-electron chi connectivity index (χ2n) is 7.39. The van der Waals surface area contributed by atoms with Crippen LogP contribution in [0.25, 0.3) is 0 Å². The monoisotopic (exact) mass is 406 g/mol. The van der Waals surface area contributed by atoms with Crippen molar-refractivity contribution in [1.29, 1.82) is 4.78 Å². The molecule has 1 saturated carbocycles. The summed E-state index contributed by atoms with van der Waals surface area (Å²) in [4.78, 5) is 16.3. The maximum Gasteiger partial charge on any atom is 0.407 e. The van der Waals surface area contributed by atoms with Crippen molar-refractivity contribution in [2.24, 2.45) is 0 Å². The molecule has 2 heterocycles. The first kappa shape index (κ1) is 20.1. The van der Waals surface area contributed by atoms with E-state index < -0.39 is 9.73 Å². The van der Waals surface area contributed by atoms with Crippen molar-refractivity contribution in [3.8, 4) is 0 Å². The van der Waals surface area contributed by atoms with E-state index in [1.165, 1.54) is 12.5 Å². The van der Waals surface area contributed by atoms with Gasteiger partial charge in [-0.1, -0.05) is 0 Å². The summed E-state index contributed by atoms with van der Waals surface area (Å²) in [5.74, 6) is 1.44. The minimum Gasteiger partial charge on any atom is -0.446 e. The minimum absolute atomic E-state index is 0.0542. The van der Waals surface area contributed by atoms with E-state index in [9.17, 15) is 9.00 Å². The number of H-pyrrole nitrogens is 1. The molecule has 10 heteroatoms. The number of aromatic amines is 1. The highest BCUT2D eigenvalue weighted by atomic mass is 32.2. The van der Waals surface area contributed by atoms with Gasteiger partial charge < -0.3 is 15.4 Å². The third-order valence-electron chi connectivity index (χ3n) is 4.54. The Morgan fingerprint density at radius 2 is 2.14 bits per heavy atom. The van der Waals surface area contributed by atoms with E-state index in [-0.39, 0.29) is 24.2 Å². The van der Waals surface area contributed by atoms with E-state index >= 15 is 0 Å². The van der Waals surface area contributed by atoms with Crippen molar-refractivity contribution in [2.45, 2.75) is 56.1 Å². The third kappa shape index (κ3) is 5.22. The number of nitrogens with zero attached hydrogens (tertiary/aromatic N) is 2. The van der Waals surface area contributed by atoms with Crippen LogP contribution in [0, 0.1) is 4.78 Å². The Morgan fingerprint density at radius 3 is 2.79 bits per heavy atom. The highest BCUT2D eigenvalue weighted by Gasteiger charge is 2.30. The Morgan fingerprint density at radius 1 is 1.36 bits per heavy atom. The first-order valence-electron chi connectivity index (χ1n) is 9.20. The van der Waals surface area contributed by atoms with Gasteiger partial charge in [-0.25, -0.2) is 18.8 Å². The van der Waals surface area contributed by atoms with E-state index in [0.717, 1.165) is 25.0 Å². The number of nitrogens with one attached hydrogen (secondary N) is 4. The molecular weight excluding hydrogens is 380 g/mol. The number of carbonyl (C=O) groups is 1. The van der Waals surface area contributed by atoms with E-state index in [4.69, 9.17) is 9.52 Å². The number of rotatable bonds is 6. The van der Waals surface area contributed by atoms with E-state index in [2.05, 4.69) is 25.8 Å². The van der Waals surface area contributed by atoms with E-state index in [1.54, 1.807) is 12.1 Å². The van der Waals surface area contributed by atoms with Gasteiger partial charge in [0.2, 0.25) is 0 Å². The number of alkyl carbamates (subject to hydrolysis) is 1. The van der Waals surface area contributed by atoms with Gasteiger partial charge >= 0.3 is 6.09 Å². The molecule has 3 rings (SSSR count). The van der Waals surface area contributed by atoms with Crippen molar-refractivity contribution in [1.82, 2.24) is 20.5 Å². The smallest absolute Gasteiger partial charge is 0.407 e. The van der Waals surface area contributed by atoms with Crippen molar-refractivity contribution in [3.63, 3.8) is 0 Å². The molecule has 4 N–H and O–H groups in total. The van der Waals surface area contributed by atoms with E-state index in [1.807, 2.05) is 19.9 Å². The van der Waals surface area contributed by atoms with Crippen LogP contribution in [-0.2, 0) is 14.5 Å². The van der Waals surface area contributed by atoms with Crippen LogP contribution in [0.5, 0.6) is 0 Å². The molecule has 1 fully saturated rings. The van der Waals surface area contributed by atoms with Gasteiger partial charge in [-0.2, -0.15) is 5.10 Å². The Labute approximate surface area is 164 Å². The lowest BCUT2D eigenvalue weighted by molar-refractivity contribution is 0.0981. The van der Waals surface area contributed by atoms with Gasteiger partial charge in [-0.15, -0.1) is 0 Å². The summed E-state index contributed by atoms with van der Waals surface area (Å²) in [6, 6.07) is 5.27. The SMILES string of the molecule is CC(C)NC(=O)O[C@H]1CC[C@@H](c2cc(Nc3ccc(S(C)(=N)=O)cn3)n[nH]2)C1. The molecule has 0 saturated heterocycles. The summed E-state index contributed by atoms with van der Waals surface area (Å²) in [6.07, 6.45) is 4.84. The molecule has 2 aromatic rings. The molecule has 1 unspecified atom stereocenters.